The summed E-state index contributed by atoms with van der Waals surface area (Å²) in [5.74, 6) is 1.75. The van der Waals surface area contributed by atoms with Crippen LogP contribution in [0, 0.1) is 5.92 Å². The molecule has 158 valence electrons. The van der Waals surface area contributed by atoms with Crippen LogP contribution < -0.4 is 20.1 Å². The van der Waals surface area contributed by atoms with Gasteiger partial charge in [-0.25, -0.2) is 4.79 Å². The molecule has 0 unspecified atom stereocenters. The van der Waals surface area contributed by atoms with Crippen molar-refractivity contribution in [2.75, 3.05) is 25.2 Å². The number of piperidine rings is 1. The summed E-state index contributed by atoms with van der Waals surface area (Å²) in [7, 11) is 0. The van der Waals surface area contributed by atoms with Crippen molar-refractivity contribution in [3.63, 3.8) is 0 Å². The molecule has 0 saturated carbocycles. The van der Waals surface area contributed by atoms with Crippen LogP contribution >= 0.6 is 15.9 Å². The molecule has 0 aliphatic carbocycles. The van der Waals surface area contributed by atoms with E-state index in [1.165, 1.54) is 0 Å². The van der Waals surface area contributed by atoms with Crippen LogP contribution in [0.2, 0.25) is 0 Å². The first kappa shape index (κ1) is 20.5. The van der Waals surface area contributed by atoms with Gasteiger partial charge in [0.15, 0.2) is 11.5 Å². The maximum absolute atomic E-state index is 12.9. The number of amides is 3. The highest BCUT2D eigenvalue weighted by Crippen LogP contribution is 2.32. The molecule has 2 aliphatic heterocycles. The molecule has 0 radical (unpaired) electrons. The number of anilines is 1. The normalized spacial score (nSPS) is 15.7. The van der Waals surface area contributed by atoms with Crippen molar-refractivity contribution in [1.29, 1.82) is 0 Å². The Balaban J connectivity index is 1.43. The van der Waals surface area contributed by atoms with Crippen molar-refractivity contribution >= 4 is 33.6 Å². The largest absolute Gasteiger partial charge is 0.454 e. The third-order valence-electron chi connectivity index (χ3n) is 5.43. The Labute approximate surface area is 183 Å². The molecule has 2 aromatic rings. The van der Waals surface area contributed by atoms with Crippen LogP contribution in [0.3, 0.4) is 0 Å². The first-order valence-electron chi connectivity index (χ1n) is 10.0. The molecule has 2 aliphatic rings. The van der Waals surface area contributed by atoms with Crippen LogP contribution in [-0.2, 0) is 6.54 Å². The molecule has 30 heavy (non-hydrogen) atoms. The maximum atomic E-state index is 12.9. The smallest absolute Gasteiger partial charge is 0.321 e. The highest BCUT2D eigenvalue weighted by atomic mass is 79.9. The first-order valence-corrected chi connectivity index (χ1v) is 10.8. The SMILES string of the molecule is CC1CCN(C(=O)Nc2ccc(Br)cc2C(=O)NCc2ccc3c(c2)OCO3)CC1. The van der Waals surface area contributed by atoms with Gasteiger partial charge in [0.1, 0.15) is 0 Å². The molecule has 2 aromatic carbocycles. The van der Waals surface area contributed by atoms with E-state index in [0.717, 1.165) is 36.0 Å². The number of rotatable bonds is 4. The molecule has 4 rings (SSSR count). The minimum absolute atomic E-state index is 0.172. The van der Waals surface area contributed by atoms with Gasteiger partial charge < -0.3 is 25.0 Å². The number of nitrogens with zero attached hydrogens (tertiary/aromatic N) is 1. The number of likely N-dealkylation sites (tertiary alicyclic amines) is 1. The quantitative estimate of drug-likeness (QED) is 0.690. The molecule has 0 atom stereocenters. The number of halogens is 1. The molecular weight excluding hydrogens is 450 g/mol. The van der Waals surface area contributed by atoms with Gasteiger partial charge in [-0.15, -0.1) is 0 Å². The zero-order valence-corrected chi connectivity index (χ0v) is 18.3. The predicted molar refractivity (Wildman–Crippen MR) is 117 cm³/mol. The summed E-state index contributed by atoms with van der Waals surface area (Å²) in [6, 6.07) is 10.6. The van der Waals surface area contributed by atoms with Gasteiger partial charge >= 0.3 is 6.03 Å². The van der Waals surface area contributed by atoms with Crippen molar-refractivity contribution in [3.8, 4) is 11.5 Å². The lowest BCUT2D eigenvalue weighted by Crippen LogP contribution is -2.41. The monoisotopic (exact) mass is 473 g/mol. The zero-order chi connectivity index (χ0) is 21.1. The number of hydrogen-bond acceptors (Lipinski definition) is 4. The molecule has 0 spiro atoms. The minimum Gasteiger partial charge on any atom is -0.454 e. The molecule has 2 heterocycles. The summed E-state index contributed by atoms with van der Waals surface area (Å²) in [6.07, 6.45) is 1.99. The minimum atomic E-state index is -0.267. The number of hydrogen-bond donors (Lipinski definition) is 2. The topological polar surface area (TPSA) is 79.9 Å². The Morgan fingerprint density at radius 2 is 1.87 bits per heavy atom. The molecular formula is C22H24BrN3O4. The lowest BCUT2D eigenvalue weighted by Gasteiger charge is -2.30. The number of nitrogens with one attached hydrogen (secondary N) is 2. The highest BCUT2D eigenvalue weighted by molar-refractivity contribution is 9.10. The average molecular weight is 474 g/mol. The predicted octanol–water partition coefficient (Wildman–Crippen LogP) is 4.37. The van der Waals surface area contributed by atoms with Gasteiger partial charge in [-0.2, -0.15) is 0 Å². The van der Waals surface area contributed by atoms with E-state index >= 15 is 0 Å². The van der Waals surface area contributed by atoms with Crippen molar-refractivity contribution in [3.05, 3.63) is 52.0 Å². The molecule has 3 amide bonds. The standard InChI is InChI=1S/C22H24BrN3O4/c1-14-6-8-26(9-7-14)22(28)25-18-4-3-16(23)11-17(18)21(27)24-12-15-2-5-19-20(10-15)30-13-29-19/h2-5,10-11,14H,6-9,12-13H2,1H3,(H,24,27)(H,25,28). The molecule has 2 N–H and O–H groups in total. The van der Waals surface area contributed by atoms with E-state index in [9.17, 15) is 9.59 Å². The van der Waals surface area contributed by atoms with E-state index in [2.05, 4.69) is 33.5 Å². The van der Waals surface area contributed by atoms with Crippen LogP contribution in [0.1, 0.15) is 35.7 Å². The summed E-state index contributed by atoms with van der Waals surface area (Å²) in [4.78, 5) is 27.3. The molecule has 0 aromatic heterocycles. The van der Waals surface area contributed by atoms with Gasteiger partial charge in [-0.1, -0.05) is 28.9 Å². The summed E-state index contributed by atoms with van der Waals surface area (Å²) in [5, 5.41) is 5.82. The second kappa shape index (κ2) is 8.95. The molecule has 1 fully saturated rings. The van der Waals surface area contributed by atoms with Gasteiger partial charge in [0.05, 0.1) is 11.3 Å². The van der Waals surface area contributed by atoms with E-state index in [1.807, 2.05) is 24.3 Å². The Hall–Kier alpha value is -2.74. The second-order valence-electron chi connectivity index (χ2n) is 7.66. The number of ether oxygens (including phenoxy) is 2. The van der Waals surface area contributed by atoms with Crippen molar-refractivity contribution < 1.29 is 19.1 Å². The summed E-state index contributed by atoms with van der Waals surface area (Å²) < 4.78 is 11.5. The fraction of sp³-hybridized carbons (Fsp3) is 0.364. The van der Waals surface area contributed by atoms with E-state index in [1.54, 1.807) is 17.0 Å². The molecule has 0 bridgehead atoms. The fourth-order valence-corrected chi connectivity index (χ4v) is 3.91. The summed E-state index contributed by atoms with van der Waals surface area (Å²) in [5.41, 5.74) is 1.80. The van der Waals surface area contributed by atoms with Crippen LogP contribution in [0.5, 0.6) is 11.5 Å². The van der Waals surface area contributed by atoms with Crippen LogP contribution in [0.25, 0.3) is 0 Å². The third-order valence-corrected chi connectivity index (χ3v) is 5.92. The van der Waals surface area contributed by atoms with Gasteiger partial charge in [0.25, 0.3) is 5.91 Å². The molecule has 8 heteroatoms. The lowest BCUT2D eigenvalue weighted by molar-refractivity contribution is 0.0951. The van der Waals surface area contributed by atoms with Crippen molar-refractivity contribution in [2.45, 2.75) is 26.3 Å². The zero-order valence-electron chi connectivity index (χ0n) is 16.7. The highest BCUT2D eigenvalue weighted by Gasteiger charge is 2.22. The van der Waals surface area contributed by atoms with Crippen molar-refractivity contribution in [1.82, 2.24) is 10.2 Å². The summed E-state index contributed by atoms with van der Waals surface area (Å²) >= 11 is 3.41. The average Bonchev–Trinajstić information content (AvgIpc) is 3.21. The first-order chi connectivity index (χ1) is 14.5. The van der Waals surface area contributed by atoms with Crippen LogP contribution in [0.4, 0.5) is 10.5 Å². The van der Waals surface area contributed by atoms with E-state index < -0.39 is 0 Å². The lowest BCUT2D eigenvalue weighted by atomic mass is 10.00. The Kier molecular flexibility index (Phi) is 6.13. The Morgan fingerprint density at radius 1 is 1.10 bits per heavy atom. The maximum Gasteiger partial charge on any atom is 0.321 e. The number of urea groups is 1. The van der Waals surface area contributed by atoms with E-state index in [4.69, 9.17) is 9.47 Å². The summed E-state index contributed by atoms with van der Waals surface area (Å²) in [6.45, 7) is 4.21. The Morgan fingerprint density at radius 3 is 2.67 bits per heavy atom. The van der Waals surface area contributed by atoms with E-state index in [0.29, 0.717) is 35.2 Å². The third kappa shape index (κ3) is 4.70. The number of carbonyl (C=O) groups excluding carboxylic acids is 2. The second-order valence-corrected chi connectivity index (χ2v) is 8.58. The number of benzene rings is 2. The fourth-order valence-electron chi connectivity index (χ4n) is 3.55. The van der Waals surface area contributed by atoms with Crippen molar-refractivity contribution in [2.24, 2.45) is 5.92 Å². The van der Waals surface area contributed by atoms with Gasteiger partial charge in [-0.05, 0) is 54.7 Å². The Bertz CT molecular complexity index is 957. The van der Waals surface area contributed by atoms with Crippen LogP contribution in [0.15, 0.2) is 40.9 Å². The van der Waals surface area contributed by atoms with Crippen LogP contribution in [-0.4, -0.2) is 36.7 Å². The van der Waals surface area contributed by atoms with Gasteiger partial charge in [0, 0.05) is 24.1 Å². The molecule has 1 saturated heterocycles. The van der Waals surface area contributed by atoms with E-state index in [-0.39, 0.29) is 18.7 Å². The number of fused-ring (bicyclic) bond motifs is 1. The van der Waals surface area contributed by atoms with Gasteiger partial charge in [0.2, 0.25) is 6.79 Å². The number of carbonyl (C=O) groups is 2. The molecule has 7 nitrogen and oxygen atoms in total. The van der Waals surface area contributed by atoms with Gasteiger partial charge in [-0.3, -0.25) is 4.79 Å².